The Labute approximate surface area is 96.7 Å². The Hall–Kier alpha value is -1.26. The lowest BCUT2D eigenvalue weighted by Crippen LogP contribution is -1.90. The Balaban J connectivity index is 2.15. The first-order valence-corrected chi connectivity index (χ1v) is 5.44. The number of nitrogens with two attached hydrogens (primary N) is 1. The van der Waals surface area contributed by atoms with Crippen molar-refractivity contribution in [3.8, 4) is 0 Å². The van der Waals surface area contributed by atoms with Gasteiger partial charge in [-0.2, -0.15) is 0 Å². The molecule has 1 heterocycles. The van der Waals surface area contributed by atoms with Gasteiger partial charge in [0.25, 0.3) is 0 Å². The van der Waals surface area contributed by atoms with Crippen LogP contribution >= 0.6 is 23.4 Å². The fourth-order valence-electron chi connectivity index (χ4n) is 0.987. The summed E-state index contributed by atoms with van der Waals surface area (Å²) in [4.78, 5) is 9.23. The zero-order valence-corrected chi connectivity index (χ0v) is 9.29. The van der Waals surface area contributed by atoms with Crippen LogP contribution in [0.1, 0.15) is 0 Å². The molecular formula is C10H8ClN3S. The van der Waals surface area contributed by atoms with E-state index < -0.39 is 0 Å². The average Bonchev–Trinajstić information content (AvgIpc) is 2.25. The van der Waals surface area contributed by atoms with Gasteiger partial charge in [0.1, 0.15) is 0 Å². The van der Waals surface area contributed by atoms with Crippen LogP contribution in [0.3, 0.4) is 0 Å². The summed E-state index contributed by atoms with van der Waals surface area (Å²) in [6.07, 6.45) is 3.18. The second-order valence-corrected chi connectivity index (χ2v) is 4.33. The number of hydrogen-bond donors (Lipinski definition) is 1. The molecule has 0 fully saturated rings. The fourth-order valence-corrected chi connectivity index (χ4v) is 1.81. The lowest BCUT2D eigenvalue weighted by atomic mass is 10.4. The number of hydrogen-bond acceptors (Lipinski definition) is 4. The molecule has 0 amide bonds. The van der Waals surface area contributed by atoms with Gasteiger partial charge in [0.15, 0.2) is 5.16 Å². The first-order valence-electron chi connectivity index (χ1n) is 4.25. The van der Waals surface area contributed by atoms with Crippen LogP contribution in [0.4, 0.5) is 5.69 Å². The molecular weight excluding hydrogens is 230 g/mol. The molecule has 0 saturated carbocycles. The second kappa shape index (κ2) is 4.51. The van der Waals surface area contributed by atoms with E-state index in [1.807, 2.05) is 24.3 Å². The zero-order chi connectivity index (χ0) is 10.7. The molecule has 15 heavy (non-hydrogen) atoms. The van der Waals surface area contributed by atoms with Gasteiger partial charge in [-0.3, -0.25) is 0 Å². The summed E-state index contributed by atoms with van der Waals surface area (Å²) < 4.78 is 0. The summed E-state index contributed by atoms with van der Waals surface area (Å²) in [5.41, 5.74) is 6.05. The van der Waals surface area contributed by atoms with Gasteiger partial charge in [0.2, 0.25) is 0 Å². The number of nitrogens with zero attached hydrogens (tertiary/aromatic N) is 2. The normalized spacial score (nSPS) is 10.2. The Bertz CT molecular complexity index is 398. The molecule has 76 valence electrons. The highest BCUT2D eigenvalue weighted by atomic mass is 35.5. The Morgan fingerprint density at radius 3 is 2.27 bits per heavy atom. The van der Waals surface area contributed by atoms with Crippen molar-refractivity contribution < 1.29 is 0 Å². The zero-order valence-electron chi connectivity index (χ0n) is 7.72. The van der Waals surface area contributed by atoms with E-state index in [0.29, 0.717) is 10.8 Å². The van der Waals surface area contributed by atoms with Crippen LogP contribution in [0, 0.1) is 0 Å². The van der Waals surface area contributed by atoms with Crippen LogP contribution in [-0.2, 0) is 0 Å². The second-order valence-electron chi connectivity index (χ2n) is 2.85. The Morgan fingerprint density at radius 1 is 1.07 bits per heavy atom. The van der Waals surface area contributed by atoms with E-state index in [4.69, 9.17) is 17.3 Å². The maximum absolute atomic E-state index is 5.78. The lowest BCUT2D eigenvalue weighted by Gasteiger charge is -1.99. The molecule has 5 heteroatoms. The van der Waals surface area contributed by atoms with Crippen molar-refractivity contribution in [3.05, 3.63) is 41.7 Å². The minimum absolute atomic E-state index is 0.565. The van der Waals surface area contributed by atoms with Gasteiger partial charge in [-0.15, -0.1) is 0 Å². The van der Waals surface area contributed by atoms with Gasteiger partial charge in [0, 0.05) is 9.92 Å². The van der Waals surface area contributed by atoms with E-state index in [0.717, 1.165) is 9.92 Å². The molecule has 0 radical (unpaired) electrons. The van der Waals surface area contributed by atoms with E-state index in [9.17, 15) is 0 Å². The van der Waals surface area contributed by atoms with Crippen molar-refractivity contribution in [3.63, 3.8) is 0 Å². The van der Waals surface area contributed by atoms with Crippen molar-refractivity contribution in [2.75, 3.05) is 5.73 Å². The van der Waals surface area contributed by atoms with Crippen molar-refractivity contribution in [2.45, 2.75) is 10.1 Å². The molecule has 3 nitrogen and oxygen atoms in total. The van der Waals surface area contributed by atoms with Gasteiger partial charge in [-0.25, -0.2) is 9.97 Å². The lowest BCUT2D eigenvalue weighted by molar-refractivity contribution is 0.971. The summed E-state index contributed by atoms with van der Waals surface area (Å²) in [7, 11) is 0. The molecule has 0 aliphatic heterocycles. The molecule has 2 N–H and O–H groups in total. The van der Waals surface area contributed by atoms with Crippen molar-refractivity contribution in [1.29, 1.82) is 0 Å². The van der Waals surface area contributed by atoms with Gasteiger partial charge in [-0.05, 0) is 36.0 Å². The van der Waals surface area contributed by atoms with E-state index in [2.05, 4.69) is 9.97 Å². The van der Waals surface area contributed by atoms with Crippen molar-refractivity contribution >= 4 is 29.1 Å². The van der Waals surface area contributed by atoms with Gasteiger partial charge in [-0.1, -0.05) is 11.6 Å². The summed E-state index contributed by atoms with van der Waals surface area (Å²) >= 11 is 7.25. The first kappa shape index (κ1) is 10.3. The van der Waals surface area contributed by atoms with Crippen molar-refractivity contribution in [2.24, 2.45) is 0 Å². The summed E-state index contributed by atoms with van der Waals surface area (Å²) in [5.74, 6) is 0. The van der Waals surface area contributed by atoms with E-state index in [-0.39, 0.29) is 0 Å². The minimum Gasteiger partial charge on any atom is -0.396 e. The number of benzene rings is 1. The molecule has 0 spiro atoms. The molecule has 0 atom stereocenters. The maximum Gasteiger partial charge on any atom is 0.192 e. The molecule has 1 aromatic heterocycles. The van der Waals surface area contributed by atoms with E-state index >= 15 is 0 Å². The largest absolute Gasteiger partial charge is 0.396 e. The predicted octanol–water partition coefficient (Wildman–Crippen LogP) is 2.86. The molecule has 0 aliphatic rings. The topological polar surface area (TPSA) is 51.8 Å². The summed E-state index contributed by atoms with van der Waals surface area (Å²) in [5, 5.41) is 1.39. The molecule has 0 unspecified atom stereocenters. The van der Waals surface area contributed by atoms with Gasteiger partial charge < -0.3 is 5.73 Å². The summed E-state index contributed by atoms with van der Waals surface area (Å²) in [6, 6.07) is 7.52. The number of nitrogen functional groups attached to an aromatic ring is 1. The molecule has 2 rings (SSSR count). The number of rotatable bonds is 2. The standard InChI is InChI=1S/C10H8ClN3S/c11-7-1-3-9(4-2-7)15-10-13-5-8(12)6-14-10/h1-6H,12H2. The molecule has 0 saturated heterocycles. The average molecular weight is 238 g/mol. The smallest absolute Gasteiger partial charge is 0.192 e. The highest BCUT2D eigenvalue weighted by molar-refractivity contribution is 7.99. The van der Waals surface area contributed by atoms with Crippen LogP contribution in [0.5, 0.6) is 0 Å². The number of halogens is 1. The molecule has 0 aliphatic carbocycles. The highest BCUT2D eigenvalue weighted by Crippen LogP contribution is 2.25. The van der Waals surface area contributed by atoms with E-state index in [1.165, 1.54) is 11.8 Å². The maximum atomic E-state index is 5.78. The number of aromatic nitrogens is 2. The monoisotopic (exact) mass is 237 g/mol. The van der Waals surface area contributed by atoms with E-state index in [1.54, 1.807) is 12.4 Å². The predicted molar refractivity (Wildman–Crippen MR) is 62.0 cm³/mol. The Kier molecular flexibility index (Phi) is 3.08. The number of anilines is 1. The Morgan fingerprint density at radius 2 is 1.67 bits per heavy atom. The minimum atomic E-state index is 0.565. The third-order valence-electron chi connectivity index (χ3n) is 1.67. The highest BCUT2D eigenvalue weighted by Gasteiger charge is 1.99. The molecule has 0 bridgehead atoms. The van der Waals surface area contributed by atoms with Crippen LogP contribution in [0.15, 0.2) is 46.7 Å². The quantitative estimate of drug-likeness (QED) is 0.816. The first-order chi connectivity index (χ1) is 7.24. The van der Waals surface area contributed by atoms with Crippen LogP contribution in [0.2, 0.25) is 5.02 Å². The SMILES string of the molecule is Nc1cnc(Sc2ccc(Cl)cc2)nc1. The van der Waals surface area contributed by atoms with Gasteiger partial charge >= 0.3 is 0 Å². The van der Waals surface area contributed by atoms with Crippen LogP contribution < -0.4 is 5.73 Å². The third kappa shape index (κ3) is 2.84. The molecule has 1 aromatic carbocycles. The van der Waals surface area contributed by atoms with Crippen molar-refractivity contribution in [1.82, 2.24) is 9.97 Å². The van der Waals surface area contributed by atoms with Crippen LogP contribution in [-0.4, -0.2) is 9.97 Å². The van der Waals surface area contributed by atoms with Gasteiger partial charge in [0.05, 0.1) is 18.1 Å². The third-order valence-corrected chi connectivity index (χ3v) is 2.82. The summed E-state index contributed by atoms with van der Waals surface area (Å²) in [6.45, 7) is 0. The molecule has 2 aromatic rings. The fraction of sp³-hybridized carbons (Fsp3) is 0. The van der Waals surface area contributed by atoms with Crippen LogP contribution in [0.25, 0.3) is 0 Å².